The molecule has 3 aliphatic rings. The van der Waals surface area contributed by atoms with E-state index in [1.165, 1.54) is 6.42 Å². The van der Waals surface area contributed by atoms with E-state index in [9.17, 15) is 2.74 Å². The predicted molar refractivity (Wildman–Crippen MR) is 582 cm³/mol. The molecule has 20 aromatic rings. The van der Waals surface area contributed by atoms with Gasteiger partial charge in [-0.15, -0.1) is 0 Å². The first-order valence-electron chi connectivity index (χ1n) is 53.7. The minimum atomic E-state index is -2.32. The first-order valence-corrected chi connectivity index (χ1v) is 52.7. The number of benzene rings is 12. The molecule has 13 heteroatoms. The molecule has 0 aliphatic heterocycles. The highest BCUT2D eigenvalue weighted by molar-refractivity contribution is 6.89. The molecule has 23 rings (SSSR count). The van der Waals surface area contributed by atoms with Crippen LogP contribution in [0, 0.1) is 81.5 Å². The fraction of sp³-hybridized carbons (Fsp3) is 0.250. The van der Waals surface area contributed by atoms with Crippen molar-refractivity contribution in [1.82, 2.24) is 0 Å². The molecule has 0 saturated heterocycles. The second-order valence-electron chi connectivity index (χ2n) is 39.5. The summed E-state index contributed by atoms with van der Waals surface area (Å²) in [7, 11) is 5.92. The summed E-state index contributed by atoms with van der Waals surface area (Å²) in [6.07, 6.45) is 21.5. The number of pyridine rings is 4. The molecule has 0 atom stereocenters. The third-order valence-electron chi connectivity index (χ3n) is 29.3. The number of furan rings is 4. The van der Waals surface area contributed by atoms with Gasteiger partial charge < -0.3 is 17.7 Å². The zero-order valence-corrected chi connectivity index (χ0v) is 83.5. The van der Waals surface area contributed by atoms with Crippen molar-refractivity contribution in [1.29, 1.82) is 0 Å². The van der Waals surface area contributed by atoms with Crippen molar-refractivity contribution in [2.24, 2.45) is 28.2 Å². The molecule has 3 fully saturated rings. The zero-order valence-electron chi connectivity index (χ0n) is 91.5. The fourth-order valence-corrected chi connectivity index (χ4v) is 23.6. The van der Waals surface area contributed by atoms with Crippen LogP contribution >= 0.6 is 0 Å². The highest BCUT2D eigenvalue weighted by atomic mass is 28.3. The van der Waals surface area contributed by atoms with E-state index in [0.717, 1.165) is 281 Å². The number of aryl methyl sites for hydroxylation is 12. The second-order valence-corrected chi connectivity index (χ2v) is 44.6. The van der Waals surface area contributed by atoms with Crippen LogP contribution in [-0.4, -0.2) is 8.07 Å². The molecule has 0 bridgehead atoms. The lowest BCUT2D eigenvalue weighted by molar-refractivity contribution is -0.661. The second kappa shape index (κ2) is 38.8. The van der Waals surface area contributed by atoms with Crippen LogP contribution in [0.3, 0.4) is 0 Å². The van der Waals surface area contributed by atoms with E-state index in [-0.39, 0.29) is 5.56 Å². The van der Waals surface area contributed by atoms with Crippen LogP contribution in [-0.2, 0) is 28.2 Å². The van der Waals surface area contributed by atoms with Crippen molar-refractivity contribution in [3.8, 4) is 89.5 Å². The minimum Gasteiger partial charge on any atom is -0.456 e. The van der Waals surface area contributed by atoms with Crippen LogP contribution < -0.4 is 23.5 Å². The fourth-order valence-electron chi connectivity index (χ4n) is 22.2. The SMILES string of the molecule is [2H]C([2H])([2H])c1c[n+](C)c(-c2c(C)ccc3c2oc2c(-c4ccccc4)c([N+]#[C-])ccc23)cc1C1([2H])CCCCC1.[2H]C([2H])([2H])c1c[n+](C)c(-c2c(C)ccc3c2oc2c(-c4ccccc4)c([N+]#[C-])ccc23)cc1[Si](C)(C)C.[2H]C1(c2c[n+](C)c(-c3c(C)ccc4c3oc3c(-c5ccccc5)c([N+]#[C-])ccc34)cc2C)CCCC1.[2H]C1(c2c[n+](C)c(-c3c(C)ccc4c3oc3c(-c5ccccc5)c([N+]#[C-])ccc34)cc2C)CCCCC1. The monoisotopic (exact) mass is 1870 g/mol. The van der Waals surface area contributed by atoms with Gasteiger partial charge in [-0.25, -0.2) is 37.6 Å². The molecule has 0 N–H and O–H groups in total. The minimum absolute atomic E-state index is 0.248. The normalized spacial score (nSPS) is 15.5. The van der Waals surface area contributed by atoms with Gasteiger partial charge in [-0.2, -0.15) is 0 Å². The number of fused-ring (bicyclic) bond motifs is 12. The van der Waals surface area contributed by atoms with Gasteiger partial charge in [0.15, 0.2) is 47.5 Å². The van der Waals surface area contributed by atoms with Crippen LogP contribution in [0.4, 0.5) is 22.7 Å². The van der Waals surface area contributed by atoms with Gasteiger partial charge in [0.2, 0.25) is 22.8 Å². The van der Waals surface area contributed by atoms with Gasteiger partial charge in [-0.3, -0.25) is 0 Å². The lowest BCUT2D eigenvalue weighted by atomic mass is 9.82. The lowest BCUT2D eigenvalue weighted by Gasteiger charge is -2.23. The predicted octanol–water partition coefficient (Wildman–Crippen LogP) is 33.9. The summed E-state index contributed by atoms with van der Waals surface area (Å²) >= 11 is 0. The smallest absolute Gasteiger partial charge is 0.216 e. The molecule has 3 aliphatic carbocycles. The molecule has 12 aromatic carbocycles. The summed E-state index contributed by atoms with van der Waals surface area (Å²) in [6.45, 7) is 45.8. The van der Waals surface area contributed by atoms with Crippen LogP contribution in [0.1, 0.15) is 181 Å². The molecular weight excluding hydrogens is 1740 g/mol. The van der Waals surface area contributed by atoms with Crippen LogP contribution in [0.25, 0.3) is 197 Å². The number of aromatic nitrogens is 4. The largest absolute Gasteiger partial charge is 0.456 e. The Morgan fingerprint density at radius 2 is 0.511 bits per heavy atom. The Bertz CT molecular complexity index is 9000. The molecule has 8 heterocycles. The Labute approximate surface area is 841 Å². The lowest BCUT2D eigenvalue weighted by Crippen LogP contribution is -2.44. The van der Waals surface area contributed by atoms with E-state index >= 15 is 0 Å². The number of hydrogen-bond donors (Lipinski definition) is 0. The van der Waals surface area contributed by atoms with Gasteiger partial charge in [-0.1, -0.05) is 289 Å². The van der Waals surface area contributed by atoms with Crippen LogP contribution in [0.15, 0.2) is 285 Å². The summed E-state index contributed by atoms with van der Waals surface area (Å²) in [5, 5.41) is 8.85. The zero-order chi connectivity index (χ0) is 106. The highest BCUT2D eigenvalue weighted by Gasteiger charge is 2.35. The Balaban J connectivity index is 0.000000121. The van der Waals surface area contributed by atoms with E-state index in [1.807, 2.05) is 206 Å². The molecular formula is C128H120N8O4Si+4. The maximum absolute atomic E-state index is 9.37. The maximum atomic E-state index is 9.37. The van der Waals surface area contributed by atoms with Crippen LogP contribution in [0.2, 0.25) is 19.6 Å². The average molecular weight is 1870 g/mol. The summed E-state index contributed by atoms with van der Waals surface area (Å²) in [4.78, 5) is 15.2. The van der Waals surface area contributed by atoms with E-state index in [2.05, 4.69) is 176 Å². The summed E-state index contributed by atoms with van der Waals surface area (Å²) in [6, 6.07) is 80.6. The van der Waals surface area contributed by atoms with Crippen molar-refractivity contribution in [3.63, 3.8) is 0 Å². The quantitative estimate of drug-likeness (QED) is 0.0693. The van der Waals surface area contributed by atoms with Crippen molar-refractivity contribution in [2.45, 2.75) is 182 Å². The Morgan fingerprint density at radius 1 is 0.270 bits per heavy atom. The molecule has 0 spiro atoms. The third-order valence-corrected chi connectivity index (χ3v) is 31.4. The molecule has 0 unspecified atom stereocenters. The Kier molecular flexibility index (Phi) is 22.7. The summed E-state index contributed by atoms with van der Waals surface area (Å²) in [5.74, 6) is -1.92. The summed E-state index contributed by atoms with van der Waals surface area (Å²) < 4.78 is 112. The van der Waals surface area contributed by atoms with Gasteiger partial charge in [0.25, 0.3) is 0 Å². The van der Waals surface area contributed by atoms with Crippen molar-refractivity contribution >= 4 is 124 Å². The Hall–Kier alpha value is -15.4. The van der Waals surface area contributed by atoms with Gasteiger partial charge in [0.05, 0.1) is 56.6 Å². The van der Waals surface area contributed by atoms with E-state index in [0.29, 0.717) is 63.5 Å². The van der Waals surface area contributed by atoms with Gasteiger partial charge >= 0.3 is 0 Å². The van der Waals surface area contributed by atoms with E-state index in [4.69, 9.17) is 53.6 Å². The molecule has 3 saturated carbocycles. The molecule has 12 nitrogen and oxygen atoms in total. The van der Waals surface area contributed by atoms with Gasteiger partial charge in [0.1, 0.15) is 72.9 Å². The molecule has 0 radical (unpaired) electrons. The number of hydrogen-bond acceptors (Lipinski definition) is 4. The Morgan fingerprint density at radius 3 is 0.787 bits per heavy atom. The highest BCUT2D eigenvalue weighted by Crippen LogP contribution is 2.52. The number of rotatable bonds is 12. The first kappa shape index (κ1) is 82.7. The molecule has 696 valence electrons. The topological polar surface area (TPSA) is 85.5 Å². The number of nitrogens with zero attached hydrogens (tertiary/aromatic N) is 8. The van der Waals surface area contributed by atoms with Crippen LogP contribution in [0.5, 0.6) is 0 Å². The van der Waals surface area contributed by atoms with Gasteiger partial charge in [-0.05, 0) is 178 Å². The van der Waals surface area contributed by atoms with Crippen molar-refractivity contribution in [2.75, 3.05) is 0 Å². The van der Waals surface area contributed by atoms with E-state index < -0.39 is 39.5 Å². The molecule has 141 heavy (non-hydrogen) atoms. The molecule has 8 aromatic heterocycles. The van der Waals surface area contributed by atoms with Crippen molar-refractivity contribution in [3.05, 3.63) is 374 Å². The average Bonchev–Trinajstić information content (AvgIpc) is 1.57. The van der Waals surface area contributed by atoms with E-state index in [1.54, 1.807) is 12.4 Å². The van der Waals surface area contributed by atoms with Crippen molar-refractivity contribution < 1.29 is 48.3 Å². The summed E-state index contributed by atoms with van der Waals surface area (Å²) in [5.41, 5.74) is 33.3. The van der Waals surface area contributed by atoms with Gasteiger partial charge in [0, 0.05) is 124 Å². The standard InChI is InChI=1S/2C33H31N2O.C32H29N2O.C30H29N2OSi/c1-21-15-16-25-26-17-18-28(34-3)31(24-13-9-6-10-14-24)33(26)36-32(25)30(21)29-19-27(22(2)20-35(29)4)23-11-7-5-8-12-23;1-21-15-16-25-26-17-18-28(34-3)31(24-13-9-6-10-14-24)33(26)36-32(25)30(21)29-19-22(2)27(20-35(29)4)23-11-7-5-8-12-23;1-20-14-15-24-25-16-17-27(33-3)30(23-12-6-5-7-13-23)32(25)35-31(24)29(20)28-18-21(2)26(19-34(28)4)22-10-8-9-11-22;1-19-13-14-22-23-15-16-24(31-3)28(21-11-9-8-10-12-21)30(23)33-29(22)27(19)25-17-26(34(5,6)7)20(2)18-32(25)4/h2*6,9-10,13-20,23H,5,7-8,11-12H2,1-2,4H3;5-7,12-19,22H,8-11H2,1-2,4H3;8-18H,1-2,4-7H3/q4*+1/i2D3,23D;23D;22D;2D3. The third kappa shape index (κ3) is 17.2. The first-order chi connectivity index (χ1) is 71.9. The maximum Gasteiger partial charge on any atom is 0.216 e. The molecule has 0 amide bonds.